The van der Waals surface area contributed by atoms with E-state index in [-0.39, 0.29) is 0 Å². The van der Waals surface area contributed by atoms with Crippen molar-refractivity contribution in [2.45, 2.75) is 25.8 Å². The monoisotopic (exact) mass is 189 g/mol. The Morgan fingerprint density at radius 2 is 2.36 bits per heavy atom. The number of likely N-dealkylation sites (N-methyl/N-ethyl adjacent to an activating group) is 1. The third-order valence-corrected chi connectivity index (χ3v) is 3.03. The topological polar surface area (TPSA) is 20.3 Å². The molecule has 2 heteroatoms. The average Bonchev–Trinajstić information content (AvgIpc) is 2.45. The largest absolute Gasteiger partial charge is 0.371 e. The molecule has 2 nitrogen and oxygen atoms in total. The van der Waals surface area contributed by atoms with Gasteiger partial charge < -0.3 is 9.69 Å². The Bertz CT molecular complexity index is 359. The highest BCUT2D eigenvalue weighted by atomic mass is 16.1. The van der Waals surface area contributed by atoms with E-state index < -0.39 is 0 Å². The van der Waals surface area contributed by atoms with E-state index in [1.165, 1.54) is 11.3 Å². The summed E-state index contributed by atoms with van der Waals surface area (Å²) in [7, 11) is 2.11. The van der Waals surface area contributed by atoms with Crippen molar-refractivity contribution in [2.75, 3.05) is 11.9 Å². The zero-order valence-corrected chi connectivity index (χ0v) is 8.66. The van der Waals surface area contributed by atoms with Crippen molar-refractivity contribution in [1.29, 1.82) is 0 Å². The van der Waals surface area contributed by atoms with Crippen LogP contribution in [0.25, 0.3) is 0 Å². The Labute approximate surface area is 84.5 Å². The first kappa shape index (κ1) is 9.25. The summed E-state index contributed by atoms with van der Waals surface area (Å²) in [4.78, 5) is 12.7. The molecule has 1 aromatic rings. The zero-order chi connectivity index (χ0) is 10.1. The van der Waals surface area contributed by atoms with Gasteiger partial charge in [0.25, 0.3) is 0 Å². The van der Waals surface area contributed by atoms with Gasteiger partial charge in [-0.1, -0.05) is 12.1 Å². The van der Waals surface area contributed by atoms with Gasteiger partial charge in [0.1, 0.15) is 6.29 Å². The third-order valence-electron chi connectivity index (χ3n) is 3.03. The van der Waals surface area contributed by atoms with Crippen LogP contribution >= 0.6 is 0 Å². The summed E-state index contributed by atoms with van der Waals surface area (Å²) in [6.07, 6.45) is 2.60. The lowest BCUT2D eigenvalue weighted by Crippen LogP contribution is -2.23. The molecule has 0 fully saturated rings. The van der Waals surface area contributed by atoms with Crippen molar-refractivity contribution in [3.8, 4) is 0 Å². The van der Waals surface area contributed by atoms with Gasteiger partial charge in [-0.15, -0.1) is 0 Å². The first-order valence-electron chi connectivity index (χ1n) is 5.00. The highest BCUT2D eigenvalue weighted by Gasteiger charge is 2.22. The maximum absolute atomic E-state index is 10.4. The normalized spacial score (nSPS) is 19.6. The van der Waals surface area contributed by atoms with Gasteiger partial charge in [-0.05, 0) is 30.5 Å². The van der Waals surface area contributed by atoms with E-state index in [2.05, 4.69) is 37.1 Å². The van der Waals surface area contributed by atoms with Gasteiger partial charge in [-0.3, -0.25) is 0 Å². The van der Waals surface area contributed by atoms with Crippen LogP contribution in [0.15, 0.2) is 18.2 Å². The fraction of sp³-hybridized carbons (Fsp3) is 0.417. The van der Waals surface area contributed by atoms with Crippen LogP contribution in [0.4, 0.5) is 5.69 Å². The molecule has 1 heterocycles. The van der Waals surface area contributed by atoms with Gasteiger partial charge in [-0.2, -0.15) is 0 Å². The van der Waals surface area contributed by atoms with Crippen molar-refractivity contribution >= 4 is 12.0 Å². The zero-order valence-electron chi connectivity index (χ0n) is 8.66. The number of fused-ring (bicyclic) bond motifs is 1. The molecule has 2 rings (SSSR count). The molecule has 1 atom stereocenters. The van der Waals surface area contributed by atoms with Crippen LogP contribution in [0.1, 0.15) is 18.1 Å². The fourth-order valence-electron chi connectivity index (χ4n) is 2.03. The van der Waals surface area contributed by atoms with Crippen LogP contribution in [-0.2, 0) is 17.6 Å². The summed E-state index contributed by atoms with van der Waals surface area (Å²) in [5, 5.41) is 0. The molecule has 0 amide bonds. The maximum atomic E-state index is 10.4. The Hall–Kier alpha value is -1.31. The molecule has 0 N–H and O–H groups in total. The van der Waals surface area contributed by atoms with Gasteiger partial charge in [0.2, 0.25) is 0 Å². The summed E-state index contributed by atoms with van der Waals surface area (Å²) in [5.74, 6) is 0. The fourth-order valence-corrected chi connectivity index (χ4v) is 2.03. The van der Waals surface area contributed by atoms with Crippen LogP contribution in [0.5, 0.6) is 0 Å². The molecule has 1 unspecified atom stereocenters. The van der Waals surface area contributed by atoms with Gasteiger partial charge >= 0.3 is 0 Å². The number of hydrogen-bond acceptors (Lipinski definition) is 2. The molecule has 1 aromatic carbocycles. The minimum Gasteiger partial charge on any atom is -0.371 e. The smallest absolute Gasteiger partial charge is 0.124 e. The van der Waals surface area contributed by atoms with Gasteiger partial charge in [0, 0.05) is 25.2 Å². The summed E-state index contributed by atoms with van der Waals surface area (Å²) in [5.41, 5.74) is 3.80. The molecule has 14 heavy (non-hydrogen) atoms. The van der Waals surface area contributed by atoms with Gasteiger partial charge in [0.15, 0.2) is 0 Å². The molecule has 1 aliphatic rings. The minimum absolute atomic E-state index is 0.523. The predicted molar refractivity (Wildman–Crippen MR) is 57.8 cm³/mol. The summed E-state index contributed by atoms with van der Waals surface area (Å²) >= 11 is 0. The first-order chi connectivity index (χ1) is 6.72. The Morgan fingerprint density at radius 1 is 1.57 bits per heavy atom. The summed E-state index contributed by atoms with van der Waals surface area (Å²) in [6, 6.07) is 6.91. The third kappa shape index (κ3) is 1.41. The molecule has 0 spiro atoms. The SMILES string of the molecule is CC1Cc2ccc(CC=O)cc2N1C. The average molecular weight is 189 g/mol. The number of benzene rings is 1. The lowest BCUT2D eigenvalue weighted by atomic mass is 10.1. The lowest BCUT2D eigenvalue weighted by molar-refractivity contribution is -0.107. The number of rotatable bonds is 2. The predicted octanol–water partition coefficient (Wildman–Crippen LogP) is 1.81. The Kier molecular flexibility index (Phi) is 2.28. The highest BCUT2D eigenvalue weighted by molar-refractivity contribution is 5.63. The first-order valence-corrected chi connectivity index (χ1v) is 5.00. The van der Waals surface area contributed by atoms with E-state index >= 15 is 0 Å². The van der Waals surface area contributed by atoms with Crippen molar-refractivity contribution in [2.24, 2.45) is 0 Å². The number of carbonyl (C=O) groups is 1. The van der Waals surface area contributed by atoms with E-state index in [0.717, 1.165) is 18.3 Å². The summed E-state index contributed by atoms with van der Waals surface area (Å²) < 4.78 is 0. The standard InChI is InChI=1S/C12H15NO/c1-9-7-11-4-3-10(5-6-14)8-12(11)13(9)2/h3-4,6,8-9H,5,7H2,1-2H3. The Balaban J connectivity index is 2.36. The molecule has 0 radical (unpaired) electrons. The molecule has 0 aliphatic carbocycles. The van der Waals surface area contributed by atoms with Crippen LogP contribution in [0, 0.1) is 0 Å². The molecule has 0 saturated carbocycles. The molecule has 1 aliphatic heterocycles. The Morgan fingerprint density at radius 3 is 3.07 bits per heavy atom. The minimum atomic E-state index is 0.523. The van der Waals surface area contributed by atoms with E-state index in [1.807, 2.05) is 0 Å². The molecule has 74 valence electrons. The number of anilines is 1. The van der Waals surface area contributed by atoms with E-state index in [4.69, 9.17) is 0 Å². The number of hydrogen-bond donors (Lipinski definition) is 0. The van der Waals surface area contributed by atoms with Gasteiger partial charge in [-0.25, -0.2) is 0 Å². The number of carbonyl (C=O) groups excluding carboxylic acids is 1. The van der Waals surface area contributed by atoms with E-state index in [0.29, 0.717) is 12.5 Å². The molecular formula is C12H15NO. The van der Waals surface area contributed by atoms with Crippen LogP contribution in [0.3, 0.4) is 0 Å². The second kappa shape index (κ2) is 3.45. The van der Waals surface area contributed by atoms with Crippen LogP contribution in [0.2, 0.25) is 0 Å². The van der Waals surface area contributed by atoms with Crippen LogP contribution in [-0.4, -0.2) is 19.4 Å². The lowest BCUT2D eigenvalue weighted by Gasteiger charge is -2.18. The molecule has 0 aromatic heterocycles. The molecule has 0 saturated heterocycles. The van der Waals surface area contributed by atoms with Crippen LogP contribution < -0.4 is 4.90 Å². The highest BCUT2D eigenvalue weighted by Crippen LogP contribution is 2.31. The number of nitrogens with zero attached hydrogens (tertiary/aromatic N) is 1. The second-order valence-electron chi connectivity index (χ2n) is 4.00. The number of aldehydes is 1. The molecular weight excluding hydrogens is 174 g/mol. The maximum Gasteiger partial charge on any atom is 0.124 e. The molecule has 0 bridgehead atoms. The van der Waals surface area contributed by atoms with Crippen molar-refractivity contribution < 1.29 is 4.79 Å². The second-order valence-corrected chi connectivity index (χ2v) is 4.00. The van der Waals surface area contributed by atoms with Crippen molar-refractivity contribution in [1.82, 2.24) is 0 Å². The van der Waals surface area contributed by atoms with E-state index in [9.17, 15) is 4.79 Å². The summed E-state index contributed by atoms with van der Waals surface area (Å²) in [6.45, 7) is 2.22. The van der Waals surface area contributed by atoms with E-state index in [1.54, 1.807) is 0 Å². The van der Waals surface area contributed by atoms with Gasteiger partial charge in [0.05, 0.1) is 0 Å². The van der Waals surface area contributed by atoms with Crippen molar-refractivity contribution in [3.05, 3.63) is 29.3 Å². The van der Waals surface area contributed by atoms with Crippen molar-refractivity contribution in [3.63, 3.8) is 0 Å². The quantitative estimate of drug-likeness (QED) is 0.661.